The maximum atomic E-state index is 4.37. The van der Waals surface area contributed by atoms with Crippen LogP contribution in [0.2, 0.25) is 0 Å². The molecule has 0 N–H and O–H groups in total. The standard InChI is InChI=1S/C8H10N2S5/c1-5(11-1)3-13-7-8(10-15-9-7)14-4-6-2-12-6/h5-6H,1-4H2. The largest absolute Gasteiger partial charge is 0.165 e. The number of thioether (sulfide) groups is 4. The van der Waals surface area contributed by atoms with Crippen molar-refractivity contribution in [2.75, 3.05) is 23.0 Å². The molecule has 2 nitrogen and oxygen atoms in total. The van der Waals surface area contributed by atoms with Gasteiger partial charge in [-0.25, -0.2) is 0 Å². The number of aromatic nitrogens is 2. The van der Waals surface area contributed by atoms with Crippen molar-refractivity contribution in [1.29, 1.82) is 0 Å². The van der Waals surface area contributed by atoms with Gasteiger partial charge < -0.3 is 0 Å². The molecule has 2 aliphatic rings. The van der Waals surface area contributed by atoms with Gasteiger partial charge in [0.15, 0.2) is 0 Å². The topological polar surface area (TPSA) is 25.8 Å². The Balaban J connectivity index is 1.52. The van der Waals surface area contributed by atoms with Gasteiger partial charge in [0.25, 0.3) is 0 Å². The molecule has 2 unspecified atom stereocenters. The van der Waals surface area contributed by atoms with Crippen LogP contribution in [-0.2, 0) is 0 Å². The smallest absolute Gasteiger partial charge is 0.144 e. The molecule has 0 saturated carbocycles. The molecule has 0 radical (unpaired) electrons. The van der Waals surface area contributed by atoms with Gasteiger partial charge in [0.2, 0.25) is 0 Å². The molecule has 3 rings (SSSR count). The zero-order chi connectivity index (χ0) is 10.1. The van der Waals surface area contributed by atoms with Gasteiger partial charge in [-0.15, -0.1) is 23.5 Å². The van der Waals surface area contributed by atoms with E-state index in [0.29, 0.717) is 0 Å². The lowest BCUT2D eigenvalue weighted by molar-refractivity contribution is 1.07. The zero-order valence-corrected chi connectivity index (χ0v) is 12.0. The van der Waals surface area contributed by atoms with Crippen LogP contribution in [0.5, 0.6) is 0 Å². The molecule has 0 aromatic carbocycles. The van der Waals surface area contributed by atoms with Crippen LogP contribution in [0.25, 0.3) is 0 Å². The summed E-state index contributed by atoms with van der Waals surface area (Å²) in [5.74, 6) is 5.10. The molecule has 0 bridgehead atoms. The molecule has 7 heteroatoms. The Morgan fingerprint density at radius 2 is 1.47 bits per heavy atom. The highest BCUT2D eigenvalue weighted by Gasteiger charge is 2.25. The van der Waals surface area contributed by atoms with Gasteiger partial charge in [-0.05, 0) is 0 Å². The molecule has 82 valence electrons. The van der Waals surface area contributed by atoms with E-state index in [4.69, 9.17) is 0 Å². The lowest BCUT2D eigenvalue weighted by Gasteiger charge is -1.98. The van der Waals surface area contributed by atoms with Gasteiger partial charge in [0, 0.05) is 33.5 Å². The Bertz CT molecular complexity index is 303. The number of hydrogen-bond donors (Lipinski definition) is 0. The number of nitrogens with zero attached hydrogens (tertiary/aromatic N) is 2. The second-order valence-electron chi connectivity index (χ2n) is 3.41. The third-order valence-electron chi connectivity index (χ3n) is 2.05. The summed E-state index contributed by atoms with van der Waals surface area (Å²) >= 11 is 9.22. The van der Waals surface area contributed by atoms with E-state index < -0.39 is 0 Å². The summed E-state index contributed by atoms with van der Waals surface area (Å²) in [4.78, 5) is 0. The van der Waals surface area contributed by atoms with E-state index in [-0.39, 0.29) is 0 Å². The maximum absolute atomic E-state index is 4.37. The van der Waals surface area contributed by atoms with Gasteiger partial charge in [-0.2, -0.15) is 32.3 Å². The molecule has 2 aliphatic heterocycles. The zero-order valence-electron chi connectivity index (χ0n) is 7.92. The summed E-state index contributed by atoms with van der Waals surface area (Å²) in [6.45, 7) is 0. The summed E-state index contributed by atoms with van der Waals surface area (Å²) in [5.41, 5.74) is 0. The molecule has 0 amide bonds. The quantitative estimate of drug-likeness (QED) is 0.591. The SMILES string of the molecule is C(Sc1nsnc1SCC1CS1)C1CS1. The molecular weight excluding hydrogens is 284 g/mol. The van der Waals surface area contributed by atoms with Crippen LogP contribution in [0.4, 0.5) is 0 Å². The number of hydrogen-bond acceptors (Lipinski definition) is 7. The lowest BCUT2D eigenvalue weighted by atomic mass is 10.6. The second kappa shape index (κ2) is 5.08. The van der Waals surface area contributed by atoms with Gasteiger partial charge >= 0.3 is 0 Å². The van der Waals surface area contributed by atoms with Crippen LogP contribution in [0.1, 0.15) is 0 Å². The average molecular weight is 295 g/mol. The van der Waals surface area contributed by atoms with E-state index in [1.165, 1.54) is 44.8 Å². The van der Waals surface area contributed by atoms with Crippen LogP contribution in [0.15, 0.2) is 10.1 Å². The Morgan fingerprint density at radius 1 is 1.00 bits per heavy atom. The highest BCUT2D eigenvalue weighted by atomic mass is 32.2. The molecule has 1 aromatic heterocycles. The van der Waals surface area contributed by atoms with Gasteiger partial charge in [0.1, 0.15) is 10.1 Å². The van der Waals surface area contributed by atoms with E-state index >= 15 is 0 Å². The van der Waals surface area contributed by atoms with Crippen molar-refractivity contribution < 1.29 is 0 Å². The van der Waals surface area contributed by atoms with Crippen LogP contribution in [-0.4, -0.2) is 42.3 Å². The van der Waals surface area contributed by atoms with Crippen molar-refractivity contribution in [1.82, 2.24) is 8.75 Å². The van der Waals surface area contributed by atoms with E-state index in [0.717, 1.165) is 10.5 Å². The predicted molar refractivity (Wildman–Crippen MR) is 73.8 cm³/mol. The van der Waals surface area contributed by atoms with Crippen molar-refractivity contribution in [3.63, 3.8) is 0 Å². The summed E-state index contributed by atoms with van der Waals surface area (Å²) in [5, 5.41) is 4.10. The average Bonchev–Trinajstić information content (AvgIpc) is 3.14. The molecule has 0 aliphatic carbocycles. The van der Waals surface area contributed by atoms with Crippen molar-refractivity contribution in [2.24, 2.45) is 0 Å². The molecule has 3 heterocycles. The van der Waals surface area contributed by atoms with Crippen LogP contribution in [0, 0.1) is 0 Å². The minimum atomic E-state index is 0.883. The van der Waals surface area contributed by atoms with Crippen LogP contribution < -0.4 is 0 Å². The number of rotatable bonds is 6. The Hall–Kier alpha value is 0.960. The van der Waals surface area contributed by atoms with E-state index in [1.54, 1.807) is 0 Å². The fourth-order valence-corrected chi connectivity index (χ4v) is 5.72. The fourth-order valence-electron chi connectivity index (χ4n) is 1.02. The van der Waals surface area contributed by atoms with Gasteiger partial charge in [-0.3, -0.25) is 0 Å². The summed E-state index contributed by atoms with van der Waals surface area (Å²) < 4.78 is 8.74. The van der Waals surface area contributed by atoms with Crippen molar-refractivity contribution in [3.8, 4) is 0 Å². The molecule has 2 fully saturated rings. The van der Waals surface area contributed by atoms with Crippen LogP contribution >= 0.6 is 58.8 Å². The first-order valence-corrected chi connectivity index (χ1v) is 9.53. The van der Waals surface area contributed by atoms with Gasteiger partial charge in [0.05, 0.1) is 11.7 Å². The van der Waals surface area contributed by atoms with Gasteiger partial charge in [-0.1, -0.05) is 0 Å². The third-order valence-corrected chi connectivity index (χ3v) is 7.55. The highest BCUT2D eigenvalue weighted by molar-refractivity contribution is 8.09. The Kier molecular flexibility index (Phi) is 3.75. The molecule has 15 heavy (non-hydrogen) atoms. The minimum Gasteiger partial charge on any atom is -0.165 e. The summed E-state index contributed by atoms with van der Waals surface area (Å²) in [6, 6.07) is 0. The molecule has 2 atom stereocenters. The lowest BCUT2D eigenvalue weighted by Crippen LogP contribution is -1.90. The first-order chi connectivity index (χ1) is 7.42. The maximum Gasteiger partial charge on any atom is 0.144 e. The van der Waals surface area contributed by atoms with Crippen molar-refractivity contribution >= 4 is 58.8 Å². The van der Waals surface area contributed by atoms with E-state index in [1.807, 2.05) is 47.0 Å². The molecule has 1 aromatic rings. The second-order valence-corrected chi connectivity index (χ2v) is 8.62. The monoisotopic (exact) mass is 294 g/mol. The normalized spacial score (nSPS) is 28.0. The molecular formula is C8H10N2S5. The first kappa shape index (κ1) is 11.1. The van der Waals surface area contributed by atoms with E-state index in [9.17, 15) is 0 Å². The molecule has 2 saturated heterocycles. The summed E-state index contributed by atoms with van der Waals surface area (Å²) in [6.07, 6.45) is 0. The summed E-state index contributed by atoms with van der Waals surface area (Å²) in [7, 11) is 0. The van der Waals surface area contributed by atoms with Crippen molar-refractivity contribution in [2.45, 2.75) is 20.6 Å². The Morgan fingerprint density at radius 3 is 1.87 bits per heavy atom. The van der Waals surface area contributed by atoms with Crippen LogP contribution in [0.3, 0.4) is 0 Å². The fraction of sp³-hybridized carbons (Fsp3) is 0.750. The third kappa shape index (κ3) is 3.46. The predicted octanol–water partition coefficient (Wildman–Crippen LogP) is 2.95. The first-order valence-electron chi connectivity index (χ1n) is 4.73. The van der Waals surface area contributed by atoms with E-state index in [2.05, 4.69) is 8.75 Å². The minimum absolute atomic E-state index is 0.883. The van der Waals surface area contributed by atoms with Crippen molar-refractivity contribution in [3.05, 3.63) is 0 Å². The Labute approximate surface area is 110 Å². The molecule has 0 spiro atoms. The highest BCUT2D eigenvalue weighted by Crippen LogP contribution is 2.39.